The van der Waals surface area contributed by atoms with Gasteiger partial charge in [0.1, 0.15) is 11.5 Å². The van der Waals surface area contributed by atoms with Crippen LogP contribution in [-0.2, 0) is 4.79 Å². The van der Waals surface area contributed by atoms with Gasteiger partial charge in [0.2, 0.25) is 0 Å². The van der Waals surface area contributed by atoms with Crippen LogP contribution in [0.2, 0.25) is 0 Å². The lowest BCUT2D eigenvalue weighted by molar-refractivity contribution is -0.120. The number of nitrogens with zero attached hydrogens (tertiary/aromatic N) is 4. The summed E-state index contributed by atoms with van der Waals surface area (Å²) >= 11 is 0. The predicted molar refractivity (Wildman–Crippen MR) is 129 cm³/mol. The number of carbonyl (C=O) groups is 1. The van der Waals surface area contributed by atoms with Gasteiger partial charge in [0, 0.05) is 41.3 Å². The number of carbonyl (C=O) groups excluding carboxylic acids is 1. The molecule has 0 saturated carbocycles. The number of rotatable bonds is 6. The average Bonchev–Trinajstić information content (AvgIpc) is 2.76. The smallest absolute Gasteiger partial charge is 0.298 e. The molecular weight excluding hydrogens is 418 g/mol. The van der Waals surface area contributed by atoms with Crippen molar-refractivity contribution in [1.29, 1.82) is 0 Å². The summed E-state index contributed by atoms with van der Waals surface area (Å²) in [7, 11) is 3.66. The van der Waals surface area contributed by atoms with Crippen LogP contribution in [0.5, 0.6) is 11.5 Å². The van der Waals surface area contributed by atoms with E-state index in [0.29, 0.717) is 40.8 Å². The second-order valence-corrected chi connectivity index (χ2v) is 9.94. The normalized spacial score (nSPS) is 17.5. The van der Waals surface area contributed by atoms with Gasteiger partial charge in [-0.2, -0.15) is 0 Å². The van der Waals surface area contributed by atoms with Crippen molar-refractivity contribution >= 4 is 23.2 Å². The number of ether oxygens (including phenoxy) is 2. The highest BCUT2D eigenvalue weighted by Gasteiger charge is 2.39. The standard InChI is InChI=1S/C25H31N5O3/c1-24(2)13-16(14-25(3,4)29-24)30(5)23-8-7-19(27-28-23)17-11-20-18(12-22(17)33-15-31)21(32-6)9-10-26-20/h7-12,15-16,29H,13-14H2,1-6H3. The zero-order valence-electron chi connectivity index (χ0n) is 20.0. The van der Waals surface area contributed by atoms with Crippen LogP contribution in [0, 0.1) is 0 Å². The quantitative estimate of drug-likeness (QED) is 0.565. The minimum atomic E-state index is 0.0360. The number of benzene rings is 1. The van der Waals surface area contributed by atoms with Crippen molar-refractivity contribution in [3.63, 3.8) is 0 Å². The third-order valence-corrected chi connectivity index (χ3v) is 6.20. The molecule has 33 heavy (non-hydrogen) atoms. The van der Waals surface area contributed by atoms with Gasteiger partial charge in [0.05, 0.1) is 18.3 Å². The lowest BCUT2D eigenvalue weighted by Crippen LogP contribution is -2.62. The molecule has 1 fully saturated rings. The maximum Gasteiger partial charge on any atom is 0.298 e. The van der Waals surface area contributed by atoms with Gasteiger partial charge in [-0.1, -0.05) is 0 Å². The minimum absolute atomic E-state index is 0.0360. The Morgan fingerprint density at radius 2 is 1.79 bits per heavy atom. The van der Waals surface area contributed by atoms with Crippen molar-refractivity contribution in [1.82, 2.24) is 20.5 Å². The van der Waals surface area contributed by atoms with Crippen molar-refractivity contribution in [2.24, 2.45) is 0 Å². The summed E-state index contributed by atoms with van der Waals surface area (Å²) in [6.45, 7) is 9.35. The number of aromatic nitrogens is 3. The summed E-state index contributed by atoms with van der Waals surface area (Å²) in [5, 5.41) is 13.4. The third-order valence-electron chi connectivity index (χ3n) is 6.20. The molecule has 2 aromatic heterocycles. The molecule has 1 aromatic carbocycles. The molecule has 0 aliphatic carbocycles. The van der Waals surface area contributed by atoms with Gasteiger partial charge in [-0.25, -0.2) is 0 Å². The molecule has 1 N–H and O–H groups in total. The molecule has 0 spiro atoms. The van der Waals surface area contributed by atoms with Crippen LogP contribution in [0.25, 0.3) is 22.2 Å². The first-order chi connectivity index (χ1) is 15.6. The second-order valence-electron chi connectivity index (χ2n) is 9.94. The number of piperidine rings is 1. The third kappa shape index (κ3) is 4.75. The van der Waals surface area contributed by atoms with Crippen molar-refractivity contribution in [3.8, 4) is 22.8 Å². The number of pyridine rings is 1. The molecule has 1 saturated heterocycles. The molecular formula is C25H31N5O3. The van der Waals surface area contributed by atoms with E-state index in [1.54, 1.807) is 25.4 Å². The fourth-order valence-corrected chi connectivity index (χ4v) is 5.06. The van der Waals surface area contributed by atoms with E-state index in [1.165, 1.54) is 0 Å². The van der Waals surface area contributed by atoms with Crippen molar-refractivity contribution in [2.45, 2.75) is 57.7 Å². The number of methoxy groups -OCH3 is 1. The van der Waals surface area contributed by atoms with Gasteiger partial charge in [-0.3, -0.25) is 9.78 Å². The Bertz CT molecular complexity index is 1140. The highest BCUT2D eigenvalue weighted by Crippen LogP contribution is 2.37. The Kier molecular flexibility index (Phi) is 5.97. The molecule has 0 amide bonds. The van der Waals surface area contributed by atoms with Gasteiger partial charge in [-0.05, 0) is 70.9 Å². The van der Waals surface area contributed by atoms with E-state index in [1.807, 2.05) is 18.2 Å². The summed E-state index contributed by atoms with van der Waals surface area (Å²) in [4.78, 5) is 17.8. The van der Waals surface area contributed by atoms with Gasteiger partial charge < -0.3 is 19.7 Å². The van der Waals surface area contributed by atoms with Crippen molar-refractivity contribution < 1.29 is 14.3 Å². The molecule has 0 unspecified atom stereocenters. The number of fused-ring (bicyclic) bond motifs is 1. The highest BCUT2D eigenvalue weighted by atomic mass is 16.5. The molecule has 0 atom stereocenters. The molecule has 174 valence electrons. The summed E-state index contributed by atoms with van der Waals surface area (Å²) in [6.07, 6.45) is 3.69. The van der Waals surface area contributed by atoms with E-state index >= 15 is 0 Å². The average molecular weight is 450 g/mol. The summed E-state index contributed by atoms with van der Waals surface area (Å²) in [6, 6.07) is 9.53. The Morgan fingerprint density at radius 1 is 1.06 bits per heavy atom. The minimum Gasteiger partial charge on any atom is -0.496 e. The lowest BCUT2D eigenvalue weighted by Gasteiger charge is -2.49. The van der Waals surface area contributed by atoms with Crippen LogP contribution in [0.1, 0.15) is 40.5 Å². The molecule has 0 radical (unpaired) electrons. The number of anilines is 1. The Balaban J connectivity index is 1.66. The SMILES string of the molecule is COc1ccnc2cc(-c3ccc(N(C)C4CC(C)(C)NC(C)(C)C4)nn3)c(OC=O)cc12. The van der Waals surface area contributed by atoms with Crippen LogP contribution < -0.4 is 19.7 Å². The van der Waals surface area contributed by atoms with Gasteiger partial charge in [0.25, 0.3) is 6.47 Å². The molecule has 0 bridgehead atoms. The van der Waals surface area contributed by atoms with Crippen LogP contribution in [0.4, 0.5) is 5.82 Å². The van der Waals surface area contributed by atoms with E-state index in [9.17, 15) is 4.79 Å². The van der Waals surface area contributed by atoms with Crippen LogP contribution in [-0.4, -0.2) is 52.9 Å². The summed E-state index contributed by atoms with van der Waals surface area (Å²) in [5.74, 6) is 1.83. The Labute approximate surface area is 194 Å². The second kappa shape index (κ2) is 8.59. The Morgan fingerprint density at radius 3 is 2.39 bits per heavy atom. The fourth-order valence-electron chi connectivity index (χ4n) is 5.06. The predicted octanol–water partition coefficient (Wildman–Crippen LogP) is 3.98. The molecule has 3 heterocycles. The van der Waals surface area contributed by atoms with E-state index in [-0.39, 0.29) is 11.1 Å². The first-order valence-electron chi connectivity index (χ1n) is 11.1. The van der Waals surface area contributed by atoms with Crippen LogP contribution in [0.15, 0.2) is 36.5 Å². The molecule has 8 nitrogen and oxygen atoms in total. The van der Waals surface area contributed by atoms with Crippen molar-refractivity contribution in [2.75, 3.05) is 19.1 Å². The fraction of sp³-hybridized carbons (Fsp3) is 0.440. The number of hydrogen-bond acceptors (Lipinski definition) is 8. The first-order valence-corrected chi connectivity index (χ1v) is 11.1. The number of nitrogens with one attached hydrogen (secondary N) is 1. The maximum atomic E-state index is 11.2. The zero-order valence-corrected chi connectivity index (χ0v) is 20.0. The van der Waals surface area contributed by atoms with E-state index in [2.05, 4.69) is 60.1 Å². The van der Waals surface area contributed by atoms with Gasteiger partial charge in [0.15, 0.2) is 5.82 Å². The first kappa shape index (κ1) is 22.9. The summed E-state index contributed by atoms with van der Waals surface area (Å²) < 4.78 is 10.7. The van der Waals surface area contributed by atoms with E-state index in [4.69, 9.17) is 9.47 Å². The van der Waals surface area contributed by atoms with Crippen molar-refractivity contribution in [3.05, 3.63) is 36.5 Å². The largest absolute Gasteiger partial charge is 0.496 e. The highest BCUT2D eigenvalue weighted by molar-refractivity contribution is 5.92. The molecule has 1 aliphatic rings. The number of hydrogen-bond donors (Lipinski definition) is 1. The molecule has 1 aliphatic heterocycles. The van der Waals surface area contributed by atoms with Gasteiger partial charge in [-0.15, -0.1) is 10.2 Å². The van der Waals surface area contributed by atoms with Crippen LogP contribution in [0.3, 0.4) is 0 Å². The molecule has 4 rings (SSSR count). The lowest BCUT2D eigenvalue weighted by atomic mass is 9.79. The Hall–Kier alpha value is -3.26. The monoisotopic (exact) mass is 449 g/mol. The van der Waals surface area contributed by atoms with E-state index in [0.717, 1.165) is 24.0 Å². The van der Waals surface area contributed by atoms with Crippen LogP contribution >= 0.6 is 0 Å². The molecule has 8 heteroatoms. The zero-order chi connectivity index (χ0) is 23.8. The van der Waals surface area contributed by atoms with Gasteiger partial charge >= 0.3 is 0 Å². The molecule has 3 aromatic rings. The topological polar surface area (TPSA) is 89.5 Å². The van der Waals surface area contributed by atoms with E-state index < -0.39 is 0 Å². The maximum absolute atomic E-state index is 11.2. The summed E-state index contributed by atoms with van der Waals surface area (Å²) in [5.41, 5.74) is 2.02.